The summed E-state index contributed by atoms with van der Waals surface area (Å²) in [5, 5.41) is 3.99. The van der Waals surface area contributed by atoms with Crippen LogP contribution in [0.2, 0.25) is 0 Å². The molecule has 0 saturated heterocycles. The number of nitrogens with zero attached hydrogens (tertiary/aromatic N) is 1. The third-order valence-corrected chi connectivity index (χ3v) is 5.66. The number of anilines is 2. The van der Waals surface area contributed by atoms with E-state index in [1.807, 2.05) is 18.3 Å². The number of ether oxygens (including phenoxy) is 1. The van der Waals surface area contributed by atoms with Crippen LogP contribution in [0.25, 0.3) is 10.4 Å². The average molecular weight is 419 g/mol. The van der Waals surface area contributed by atoms with Crippen LogP contribution in [0.3, 0.4) is 0 Å². The molecular formula is C21H30N4O3S. The minimum Gasteiger partial charge on any atom is -0.447 e. The van der Waals surface area contributed by atoms with Crippen LogP contribution < -0.4 is 16.8 Å². The van der Waals surface area contributed by atoms with Crippen LogP contribution in [0.1, 0.15) is 63.8 Å². The molecule has 1 aliphatic carbocycles. The van der Waals surface area contributed by atoms with Crippen LogP contribution in [0.15, 0.2) is 24.4 Å². The van der Waals surface area contributed by atoms with Gasteiger partial charge in [-0.15, -0.1) is 11.3 Å². The molecule has 0 unspecified atom stereocenters. The lowest BCUT2D eigenvalue weighted by Crippen LogP contribution is -2.17. The van der Waals surface area contributed by atoms with E-state index in [9.17, 15) is 9.59 Å². The third-order valence-electron chi connectivity index (χ3n) is 4.47. The Hall–Kier alpha value is -2.61. The number of nitrogen functional groups attached to an aromatic ring is 1. The van der Waals surface area contributed by atoms with E-state index in [4.69, 9.17) is 5.73 Å². The zero-order valence-corrected chi connectivity index (χ0v) is 18.1. The van der Waals surface area contributed by atoms with E-state index in [0.29, 0.717) is 11.6 Å². The summed E-state index contributed by atoms with van der Waals surface area (Å²) in [6.07, 6.45) is 7.60. The van der Waals surface area contributed by atoms with Gasteiger partial charge in [-0.05, 0) is 44.9 Å². The summed E-state index contributed by atoms with van der Waals surface area (Å²) in [4.78, 5) is 26.6. The van der Waals surface area contributed by atoms with Crippen LogP contribution in [0.4, 0.5) is 16.2 Å². The Kier molecular flexibility index (Phi) is 8.45. The second-order valence-corrected chi connectivity index (χ2v) is 8.43. The van der Waals surface area contributed by atoms with Crippen molar-refractivity contribution in [2.24, 2.45) is 5.73 Å². The third kappa shape index (κ3) is 7.38. The lowest BCUT2D eigenvalue weighted by atomic mass is 9.90. The highest BCUT2D eigenvalue weighted by atomic mass is 32.1. The normalized spacial score (nSPS) is 14.1. The van der Waals surface area contributed by atoms with Crippen molar-refractivity contribution >= 4 is 34.7 Å². The van der Waals surface area contributed by atoms with Crippen LogP contribution in [0, 0.1) is 0 Å². The maximum Gasteiger partial charge on any atom is 0.404 e. The minimum atomic E-state index is -0.713. The van der Waals surface area contributed by atoms with Crippen LogP contribution in [-0.2, 0) is 9.53 Å². The summed E-state index contributed by atoms with van der Waals surface area (Å²) in [6, 6.07) is 5.64. The van der Waals surface area contributed by atoms with Gasteiger partial charge in [0.15, 0.2) is 0 Å². The van der Waals surface area contributed by atoms with E-state index in [1.165, 1.54) is 44.0 Å². The van der Waals surface area contributed by atoms with Gasteiger partial charge >= 0.3 is 6.09 Å². The monoisotopic (exact) mass is 418 g/mol. The molecule has 8 heteroatoms. The number of primary amides is 1. The van der Waals surface area contributed by atoms with Gasteiger partial charge in [0, 0.05) is 36.0 Å². The fourth-order valence-electron chi connectivity index (χ4n) is 3.25. The van der Waals surface area contributed by atoms with Gasteiger partial charge in [0.2, 0.25) is 5.91 Å². The second-order valence-electron chi connectivity index (χ2n) is 7.37. The molecular weight excluding hydrogens is 388 g/mol. The van der Waals surface area contributed by atoms with Crippen LogP contribution in [-0.4, -0.2) is 23.1 Å². The number of nitrogens with two attached hydrogens (primary N) is 2. The predicted molar refractivity (Wildman–Crippen MR) is 118 cm³/mol. The lowest BCUT2D eigenvalue weighted by molar-refractivity contribution is -0.114. The van der Waals surface area contributed by atoms with E-state index in [2.05, 4.69) is 20.8 Å². The molecule has 0 radical (unpaired) electrons. The Morgan fingerprint density at radius 3 is 2.45 bits per heavy atom. The number of amides is 2. The van der Waals surface area contributed by atoms with Gasteiger partial charge in [-0.1, -0.05) is 19.3 Å². The summed E-state index contributed by atoms with van der Waals surface area (Å²) >= 11 is 1.75. The molecule has 2 amide bonds. The number of aromatic nitrogens is 1. The van der Waals surface area contributed by atoms with E-state index in [-0.39, 0.29) is 12.0 Å². The number of benzene rings is 1. The SMILES string of the molecule is CC(=O)Nc1ccc(-c2cnc(C3CCCCC3)s2)c(N)c1.CC(C)OC(N)=O. The van der Waals surface area contributed by atoms with E-state index < -0.39 is 6.09 Å². The van der Waals surface area contributed by atoms with Crippen molar-refractivity contribution < 1.29 is 14.3 Å². The van der Waals surface area contributed by atoms with Crippen molar-refractivity contribution in [3.63, 3.8) is 0 Å². The van der Waals surface area contributed by atoms with E-state index >= 15 is 0 Å². The predicted octanol–water partition coefficient (Wildman–Crippen LogP) is 4.89. The van der Waals surface area contributed by atoms with Crippen LogP contribution in [0.5, 0.6) is 0 Å². The summed E-state index contributed by atoms with van der Waals surface area (Å²) in [6.45, 7) is 4.97. The first-order chi connectivity index (χ1) is 13.8. The summed E-state index contributed by atoms with van der Waals surface area (Å²) in [7, 11) is 0. The lowest BCUT2D eigenvalue weighted by Gasteiger charge is -2.18. The number of hydrogen-bond donors (Lipinski definition) is 3. The number of nitrogens with one attached hydrogen (secondary N) is 1. The summed E-state index contributed by atoms with van der Waals surface area (Å²) in [5.41, 5.74) is 13.2. The minimum absolute atomic E-state index is 0.0930. The van der Waals surface area contributed by atoms with Gasteiger partial charge < -0.3 is 21.5 Å². The highest BCUT2D eigenvalue weighted by Crippen LogP contribution is 2.39. The average Bonchev–Trinajstić information content (AvgIpc) is 3.11. The van der Waals surface area contributed by atoms with Crippen molar-refractivity contribution in [2.75, 3.05) is 11.1 Å². The van der Waals surface area contributed by atoms with Gasteiger partial charge in [-0.2, -0.15) is 0 Å². The van der Waals surface area contributed by atoms with Gasteiger partial charge in [-0.3, -0.25) is 4.79 Å². The standard InChI is InChI=1S/C17H21N3OS.C4H9NO2/c1-11(21)20-13-7-8-14(15(18)9-13)16-10-19-17(22-16)12-5-3-2-4-6-12;1-3(2)7-4(5)6/h7-10,12H,2-6,18H2,1H3,(H,20,21);3H,1-2H3,(H2,5,6). The van der Waals surface area contributed by atoms with Crippen molar-refractivity contribution in [2.45, 2.75) is 64.9 Å². The largest absolute Gasteiger partial charge is 0.447 e. The first kappa shape index (κ1) is 22.7. The van der Waals surface area contributed by atoms with Crippen molar-refractivity contribution in [1.82, 2.24) is 4.98 Å². The van der Waals surface area contributed by atoms with Gasteiger partial charge in [0.05, 0.1) is 16.0 Å². The zero-order chi connectivity index (χ0) is 21.4. The first-order valence-corrected chi connectivity index (χ1v) is 10.7. The van der Waals surface area contributed by atoms with Crippen molar-refractivity contribution in [3.8, 4) is 10.4 Å². The first-order valence-electron chi connectivity index (χ1n) is 9.85. The highest BCUT2D eigenvalue weighted by molar-refractivity contribution is 7.15. The summed E-state index contributed by atoms with van der Waals surface area (Å²) in [5.74, 6) is 0.525. The molecule has 0 atom stereocenters. The molecule has 1 aromatic carbocycles. The van der Waals surface area contributed by atoms with Crippen molar-refractivity contribution in [3.05, 3.63) is 29.4 Å². The number of hydrogen-bond acceptors (Lipinski definition) is 6. The molecule has 3 rings (SSSR count). The Morgan fingerprint density at radius 1 is 1.24 bits per heavy atom. The Balaban J connectivity index is 0.000000370. The van der Waals surface area contributed by atoms with Gasteiger partial charge in [0.1, 0.15) is 0 Å². The Morgan fingerprint density at radius 2 is 1.93 bits per heavy atom. The fraction of sp³-hybridized carbons (Fsp3) is 0.476. The number of thiazole rings is 1. The number of rotatable bonds is 4. The molecule has 0 aliphatic heterocycles. The second kappa shape index (κ2) is 10.8. The maximum absolute atomic E-state index is 11.1. The molecule has 7 nitrogen and oxygen atoms in total. The quantitative estimate of drug-likeness (QED) is 0.611. The molecule has 1 aliphatic rings. The number of carbonyl (C=O) groups excluding carboxylic acids is 2. The zero-order valence-electron chi connectivity index (χ0n) is 17.2. The van der Waals surface area contributed by atoms with E-state index in [1.54, 1.807) is 31.3 Å². The Bertz CT molecular complexity index is 829. The van der Waals surface area contributed by atoms with Crippen molar-refractivity contribution in [1.29, 1.82) is 0 Å². The summed E-state index contributed by atoms with van der Waals surface area (Å²) < 4.78 is 4.39. The smallest absolute Gasteiger partial charge is 0.404 e. The molecule has 1 fully saturated rings. The molecule has 158 valence electrons. The van der Waals surface area contributed by atoms with Gasteiger partial charge in [0.25, 0.3) is 0 Å². The molecule has 0 bridgehead atoms. The molecule has 1 aromatic heterocycles. The molecule has 0 spiro atoms. The fourth-order valence-corrected chi connectivity index (χ4v) is 4.39. The topological polar surface area (TPSA) is 120 Å². The van der Waals surface area contributed by atoms with Crippen LogP contribution >= 0.6 is 11.3 Å². The van der Waals surface area contributed by atoms with Gasteiger partial charge in [-0.25, -0.2) is 9.78 Å². The maximum atomic E-state index is 11.1. The molecule has 1 heterocycles. The molecule has 29 heavy (non-hydrogen) atoms. The number of carbonyl (C=O) groups is 2. The Labute approximate surface area is 175 Å². The molecule has 1 saturated carbocycles. The molecule has 2 aromatic rings. The highest BCUT2D eigenvalue weighted by Gasteiger charge is 2.19. The van der Waals surface area contributed by atoms with E-state index in [0.717, 1.165) is 16.1 Å². The molecule has 5 N–H and O–H groups in total.